The highest BCUT2D eigenvalue weighted by Crippen LogP contribution is 2.34. The Bertz CT molecular complexity index is 1240. The molecule has 1 fully saturated rings. The molecular weight excluding hydrogens is 425 g/mol. The number of benzene rings is 1. The molecule has 0 amide bonds. The van der Waals surface area contributed by atoms with E-state index in [0.29, 0.717) is 6.04 Å². The summed E-state index contributed by atoms with van der Waals surface area (Å²) in [5, 5.41) is 8.16. The van der Waals surface area contributed by atoms with Crippen LogP contribution in [0, 0.1) is 0 Å². The average molecular weight is 446 g/mol. The molecular formula is C22H21F3N4O3. The summed E-state index contributed by atoms with van der Waals surface area (Å²) in [4.78, 5) is 35.5. The maximum atomic E-state index is 11.7. The van der Waals surface area contributed by atoms with Crippen molar-refractivity contribution in [1.82, 2.24) is 15.0 Å². The van der Waals surface area contributed by atoms with E-state index in [4.69, 9.17) is 19.9 Å². The van der Waals surface area contributed by atoms with Gasteiger partial charge >= 0.3 is 12.1 Å². The SMILES string of the molecule is C[C@H]1CCN1c1nc2c(c(-c3ccc4ccc(=O)[nH]c4c3)n1)CCC2.O=C(O)C(F)(F)F. The number of H-pyrrole nitrogens is 1. The van der Waals surface area contributed by atoms with Crippen molar-refractivity contribution in [1.29, 1.82) is 0 Å². The lowest BCUT2D eigenvalue weighted by Gasteiger charge is -2.39. The molecule has 1 saturated heterocycles. The Hall–Kier alpha value is -3.43. The number of carbonyl (C=O) groups is 1. The molecule has 3 heterocycles. The van der Waals surface area contributed by atoms with Crippen LogP contribution in [0.1, 0.15) is 31.0 Å². The van der Waals surface area contributed by atoms with Gasteiger partial charge in [0.2, 0.25) is 11.5 Å². The summed E-state index contributed by atoms with van der Waals surface area (Å²) in [5.41, 5.74) is 5.34. The molecule has 168 valence electrons. The van der Waals surface area contributed by atoms with E-state index in [1.165, 1.54) is 17.7 Å². The minimum Gasteiger partial charge on any atom is -0.475 e. The van der Waals surface area contributed by atoms with Crippen molar-refractivity contribution in [2.45, 2.75) is 44.8 Å². The second kappa shape index (κ2) is 8.25. The first-order valence-electron chi connectivity index (χ1n) is 10.2. The second-order valence-corrected chi connectivity index (χ2v) is 7.91. The predicted molar refractivity (Wildman–Crippen MR) is 113 cm³/mol. The minimum absolute atomic E-state index is 0.0762. The van der Waals surface area contributed by atoms with Crippen LogP contribution in [-0.2, 0) is 17.6 Å². The van der Waals surface area contributed by atoms with E-state index in [-0.39, 0.29) is 5.56 Å². The van der Waals surface area contributed by atoms with Crippen LogP contribution < -0.4 is 10.5 Å². The number of hydrogen-bond acceptors (Lipinski definition) is 5. The number of anilines is 1. The van der Waals surface area contributed by atoms with Gasteiger partial charge in [0.1, 0.15) is 0 Å². The third-order valence-electron chi connectivity index (χ3n) is 5.74. The molecule has 2 aliphatic rings. The Morgan fingerprint density at radius 2 is 1.91 bits per heavy atom. The lowest BCUT2D eigenvalue weighted by molar-refractivity contribution is -0.192. The van der Waals surface area contributed by atoms with Crippen molar-refractivity contribution in [2.75, 3.05) is 11.4 Å². The van der Waals surface area contributed by atoms with Gasteiger partial charge in [0.05, 0.1) is 5.69 Å². The summed E-state index contributed by atoms with van der Waals surface area (Å²) in [5.74, 6) is -1.90. The van der Waals surface area contributed by atoms with Gasteiger partial charge in [-0.05, 0) is 50.1 Å². The van der Waals surface area contributed by atoms with Crippen molar-refractivity contribution >= 4 is 22.8 Å². The number of fused-ring (bicyclic) bond motifs is 2. The molecule has 1 aromatic carbocycles. The van der Waals surface area contributed by atoms with Gasteiger partial charge in [-0.1, -0.05) is 12.1 Å². The van der Waals surface area contributed by atoms with Crippen LogP contribution in [0.5, 0.6) is 0 Å². The number of aromatic amines is 1. The molecule has 10 heteroatoms. The molecule has 32 heavy (non-hydrogen) atoms. The summed E-state index contributed by atoms with van der Waals surface area (Å²) in [6.07, 6.45) is -0.679. The first kappa shape index (κ1) is 21.8. The van der Waals surface area contributed by atoms with Crippen molar-refractivity contribution < 1.29 is 23.1 Å². The van der Waals surface area contributed by atoms with Gasteiger partial charge in [0.15, 0.2) is 0 Å². The number of aromatic nitrogens is 3. The molecule has 0 radical (unpaired) electrons. The van der Waals surface area contributed by atoms with E-state index < -0.39 is 12.1 Å². The maximum Gasteiger partial charge on any atom is 0.490 e. The largest absolute Gasteiger partial charge is 0.490 e. The van der Waals surface area contributed by atoms with Gasteiger partial charge in [0, 0.05) is 41.0 Å². The number of carboxylic acid groups (broad SMARTS) is 1. The van der Waals surface area contributed by atoms with E-state index in [1.807, 2.05) is 12.1 Å². The molecule has 0 bridgehead atoms. The number of rotatable bonds is 2. The first-order chi connectivity index (χ1) is 15.1. The van der Waals surface area contributed by atoms with Gasteiger partial charge in [-0.3, -0.25) is 4.79 Å². The van der Waals surface area contributed by atoms with E-state index in [9.17, 15) is 18.0 Å². The van der Waals surface area contributed by atoms with Crippen LogP contribution in [0.2, 0.25) is 0 Å². The smallest absolute Gasteiger partial charge is 0.475 e. The molecule has 1 atom stereocenters. The Balaban J connectivity index is 0.000000307. The zero-order chi connectivity index (χ0) is 23.0. The van der Waals surface area contributed by atoms with Crippen LogP contribution >= 0.6 is 0 Å². The number of nitrogens with zero attached hydrogens (tertiary/aromatic N) is 3. The van der Waals surface area contributed by atoms with Crippen molar-refractivity contribution in [2.24, 2.45) is 0 Å². The number of halogens is 3. The zero-order valence-electron chi connectivity index (χ0n) is 17.2. The Morgan fingerprint density at radius 1 is 1.19 bits per heavy atom. The number of alkyl halides is 3. The highest BCUT2D eigenvalue weighted by molar-refractivity contribution is 5.84. The van der Waals surface area contributed by atoms with E-state index in [2.05, 4.69) is 28.9 Å². The quantitative estimate of drug-likeness (QED) is 0.623. The monoisotopic (exact) mass is 446 g/mol. The number of aliphatic carboxylic acids is 1. The first-order valence-corrected chi connectivity index (χ1v) is 10.2. The highest BCUT2D eigenvalue weighted by Gasteiger charge is 2.38. The summed E-state index contributed by atoms with van der Waals surface area (Å²) in [6, 6.07) is 10.1. The third kappa shape index (κ3) is 4.30. The topological polar surface area (TPSA) is 99.2 Å². The van der Waals surface area contributed by atoms with Crippen molar-refractivity contribution in [3.63, 3.8) is 0 Å². The van der Waals surface area contributed by atoms with Crippen molar-refractivity contribution in [3.8, 4) is 11.3 Å². The molecule has 7 nitrogen and oxygen atoms in total. The fraction of sp³-hybridized carbons (Fsp3) is 0.364. The summed E-state index contributed by atoms with van der Waals surface area (Å²) in [6.45, 7) is 3.25. The molecule has 0 unspecified atom stereocenters. The fourth-order valence-electron chi connectivity index (χ4n) is 3.90. The zero-order valence-corrected chi connectivity index (χ0v) is 17.2. The van der Waals surface area contributed by atoms with Crippen LogP contribution in [0.25, 0.3) is 22.2 Å². The number of aryl methyl sites for hydroxylation is 1. The Labute approximate surface area is 180 Å². The van der Waals surface area contributed by atoms with Crippen molar-refractivity contribution in [3.05, 3.63) is 51.9 Å². The molecule has 1 aliphatic heterocycles. The molecule has 0 saturated carbocycles. The molecule has 1 aliphatic carbocycles. The molecule has 3 aromatic rings. The maximum absolute atomic E-state index is 11.7. The van der Waals surface area contributed by atoms with Gasteiger partial charge in [-0.15, -0.1) is 0 Å². The number of hydrogen-bond donors (Lipinski definition) is 2. The molecule has 0 spiro atoms. The molecule has 5 rings (SSSR count). The average Bonchev–Trinajstić information content (AvgIpc) is 3.20. The summed E-state index contributed by atoms with van der Waals surface area (Å²) < 4.78 is 31.7. The Kier molecular flexibility index (Phi) is 5.62. The normalized spacial score (nSPS) is 17.4. The summed E-state index contributed by atoms with van der Waals surface area (Å²) >= 11 is 0. The molecule has 2 N–H and O–H groups in total. The number of nitrogens with one attached hydrogen (secondary N) is 1. The van der Waals surface area contributed by atoms with Gasteiger partial charge < -0.3 is 15.0 Å². The Morgan fingerprint density at radius 3 is 2.53 bits per heavy atom. The van der Waals surface area contributed by atoms with E-state index in [1.54, 1.807) is 6.07 Å². The van der Waals surface area contributed by atoms with Gasteiger partial charge in [0.25, 0.3) is 0 Å². The fourth-order valence-corrected chi connectivity index (χ4v) is 3.90. The second-order valence-electron chi connectivity index (χ2n) is 7.91. The van der Waals surface area contributed by atoms with Gasteiger partial charge in [-0.2, -0.15) is 13.2 Å². The molecule has 2 aromatic heterocycles. The van der Waals surface area contributed by atoms with E-state index in [0.717, 1.165) is 53.9 Å². The van der Waals surface area contributed by atoms with Crippen LogP contribution in [0.15, 0.2) is 35.1 Å². The number of carboxylic acids is 1. The lowest BCUT2D eigenvalue weighted by atomic mass is 10.0. The van der Waals surface area contributed by atoms with Crippen LogP contribution in [0.4, 0.5) is 19.1 Å². The lowest BCUT2D eigenvalue weighted by Crippen LogP contribution is -2.46. The number of pyridine rings is 1. The minimum atomic E-state index is -5.08. The predicted octanol–water partition coefficient (Wildman–Crippen LogP) is 3.71. The standard InChI is InChI=1S/C20H20N4O.C2HF3O2/c1-12-9-10-24(12)20-22-16-4-2-3-15(16)19(23-20)14-6-5-13-7-8-18(25)21-17(13)11-14;3-2(4,5)1(6)7/h5-8,11-12H,2-4,9-10H2,1H3,(H,21,25);(H,6,7)/t12-;/m0./s1. The van der Waals surface area contributed by atoms with Crippen LogP contribution in [-0.4, -0.2) is 44.8 Å². The van der Waals surface area contributed by atoms with E-state index >= 15 is 0 Å². The summed E-state index contributed by atoms with van der Waals surface area (Å²) in [7, 11) is 0. The van der Waals surface area contributed by atoms with Gasteiger partial charge in [-0.25, -0.2) is 14.8 Å². The highest BCUT2D eigenvalue weighted by atomic mass is 19.4. The third-order valence-corrected chi connectivity index (χ3v) is 5.74. The van der Waals surface area contributed by atoms with Crippen LogP contribution in [0.3, 0.4) is 0 Å².